The van der Waals surface area contributed by atoms with E-state index in [-0.39, 0.29) is 0 Å². The van der Waals surface area contributed by atoms with Crippen LogP contribution in [0.2, 0.25) is 0 Å². The average molecular weight is 437 g/mol. The van der Waals surface area contributed by atoms with E-state index in [1.807, 2.05) is 29.8 Å². The number of carboxylic acid groups (broad SMARTS) is 1. The second-order valence-electron chi connectivity index (χ2n) is 7.12. The lowest BCUT2D eigenvalue weighted by Gasteiger charge is -2.17. The Morgan fingerprint density at radius 1 is 1.30 bits per heavy atom. The van der Waals surface area contributed by atoms with Gasteiger partial charge in [-0.3, -0.25) is 9.48 Å². The van der Waals surface area contributed by atoms with E-state index in [9.17, 15) is 4.79 Å². The molecule has 27 heavy (non-hydrogen) atoms. The Hall–Kier alpha value is -1.82. The van der Waals surface area contributed by atoms with Gasteiger partial charge < -0.3 is 9.84 Å². The van der Waals surface area contributed by atoms with Gasteiger partial charge in [0.1, 0.15) is 5.75 Å². The maximum atomic E-state index is 11.1. The maximum absolute atomic E-state index is 11.1. The van der Waals surface area contributed by atoms with Crippen LogP contribution in [0, 0.1) is 18.8 Å². The minimum atomic E-state index is -0.800. The van der Waals surface area contributed by atoms with Crippen molar-refractivity contribution in [3.05, 3.63) is 45.7 Å². The molecule has 6 heteroatoms. The molecule has 1 atom stereocenters. The Labute approximate surface area is 169 Å². The van der Waals surface area contributed by atoms with Crippen LogP contribution in [-0.4, -0.2) is 27.5 Å². The van der Waals surface area contributed by atoms with Gasteiger partial charge in [-0.1, -0.05) is 49.5 Å². The molecule has 0 aliphatic carbocycles. The first-order chi connectivity index (χ1) is 12.8. The Kier molecular flexibility index (Phi) is 7.90. The monoisotopic (exact) mass is 436 g/mol. The molecule has 0 radical (unpaired) electrons. The summed E-state index contributed by atoms with van der Waals surface area (Å²) in [5, 5.41) is 13.7. The quantitative estimate of drug-likeness (QED) is 0.563. The molecule has 2 aromatic rings. The number of carboxylic acids is 1. The summed E-state index contributed by atoms with van der Waals surface area (Å²) in [7, 11) is 0. The van der Waals surface area contributed by atoms with Gasteiger partial charge in [-0.2, -0.15) is 5.10 Å². The Balaban J connectivity index is 2.17. The van der Waals surface area contributed by atoms with Crippen molar-refractivity contribution in [1.29, 1.82) is 0 Å². The van der Waals surface area contributed by atoms with Gasteiger partial charge in [-0.05, 0) is 37.1 Å². The van der Waals surface area contributed by atoms with Crippen molar-refractivity contribution in [2.75, 3.05) is 6.61 Å². The van der Waals surface area contributed by atoms with E-state index >= 15 is 0 Å². The predicted molar refractivity (Wildman–Crippen MR) is 110 cm³/mol. The fraction of sp³-hybridized carbons (Fsp3) is 0.524. The third kappa shape index (κ3) is 6.09. The molecule has 0 saturated carbocycles. The number of aryl methyl sites for hydroxylation is 1. The van der Waals surface area contributed by atoms with E-state index in [4.69, 9.17) is 9.84 Å². The molecule has 1 aromatic heterocycles. The number of hydrogen-bond acceptors (Lipinski definition) is 3. The number of carbonyl (C=O) groups is 1. The fourth-order valence-corrected chi connectivity index (χ4v) is 3.35. The van der Waals surface area contributed by atoms with Crippen molar-refractivity contribution in [2.24, 2.45) is 11.8 Å². The molecular formula is C21H29BrN2O3. The zero-order chi connectivity index (χ0) is 20.0. The van der Waals surface area contributed by atoms with Gasteiger partial charge in [0, 0.05) is 22.2 Å². The number of halogens is 1. The highest BCUT2D eigenvalue weighted by Gasteiger charge is 2.16. The third-order valence-corrected chi connectivity index (χ3v) is 5.43. The number of rotatable bonds is 10. The zero-order valence-corrected chi connectivity index (χ0v) is 18.1. The molecule has 1 N–H and O–H groups in total. The van der Waals surface area contributed by atoms with Crippen LogP contribution < -0.4 is 4.74 Å². The summed E-state index contributed by atoms with van der Waals surface area (Å²) in [5.74, 6) is 0.182. The van der Waals surface area contributed by atoms with Gasteiger partial charge in [0.15, 0.2) is 0 Å². The van der Waals surface area contributed by atoms with Crippen molar-refractivity contribution in [3.8, 4) is 5.75 Å². The molecule has 5 nitrogen and oxygen atoms in total. The van der Waals surface area contributed by atoms with Crippen molar-refractivity contribution < 1.29 is 14.6 Å². The van der Waals surface area contributed by atoms with Gasteiger partial charge in [0.25, 0.3) is 0 Å². The Bertz CT molecular complexity index is 769. The van der Waals surface area contributed by atoms with Gasteiger partial charge in [0.2, 0.25) is 0 Å². The fourth-order valence-electron chi connectivity index (χ4n) is 2.94. The number of aromatic nitrogens is 2. The first-order valence-electron chi connectivity index (χ1n) is 9.51. The minimum Gasteiger partial charge on any atom is -0.493 e. The van der Waals surface area contributed by atoms with Crippen molar-refractivity contribution in [2.45, 2.75) is 53.5 Å². The van der Waals surface area contributed by atoms with E-state index in [2.05, 4.69) is 40.9 Å². The summed E-state index contributed by atoms with van der Waals surface area (Å²) in [6, 6.07) is 8.00. The lowest BCUT2D eigenvalue weighted by molar-refractivity contribution is -0.141. The molecule has 148 valence electrons. The SMILES string of the molecule is CCC(CC)COc1ccc(Br)cc1Cn1nc(CC(C)C(=O)O)cc1C. The molecule has 1 aromatic carbocycles. The lowest BCUT2D eigenvalue weighted by Crippen LogP contribution is -2.14. The highest BCUT2D eigenvalue weighted by atomic mass is 79.9. The second kappa shape index (κ2) is 9.93. The number of benzene rings is 1. The molecule has 1 heterocycles. The molecule has 0 aliphatic heterocycles. The summed E-state index contributed by atoms with van der Waals surface area (Å²) in [5.41, 5.74) is 2.87. The largest absolute Gasteiger partial charge is 0.493 e. The van der Waals surface area contributed by atoms with Gasteiger partial charge in [0.05, 0.1) is 24.8 Å². The molecular weight excluding hydrogens is 408 g/mol. The lowest BCUT2D eigenvalue weighted by atomic mass is 10.1. The van der Waals surface area contributed by atoms with Crippen LogP contribution >= 0.6 is 15.9 Å². The van der Waals surface area contributed by atoms with Crippen molar-refractivity contribution in [1.82, 2.24) is 9.78 Å². The standard InChI is InChI=1S/C21H29BrN2O3/c1-5-16(6-2)13-27-20-8-7-18(22)11-17(20)12-24-15(4)10-19(23-24)9-14(3)21(25)26/h7-8,10-11,14,16H,5-6,9,12-13H2,1-4H3,(H,25,26). The number of ether oxygens (including phenoxy) is 1. The van der Waals surface area contributed by atoms with E-state index < -0.39 is 11.9 Å². The van der Waals surface area contributed by atoms with Crippen LogP contribution in [-0.2, 0) is 17.8 Å². The average Bonchev–Trinajstić information content (AvgIpc) is 2.96. The second-order valence-corrected chi connectivity index (χ2v) is 8.04. The van der Waals surface area contributed by atoms with Crippen molar-refractivity contribution in [3.63, 3.8) is 0 Å². The molecule has 0 saturated heterocycles. The molecule has 0 amide bonds. The first kappa shape index (κ1) is 21.5. The highest BCUT2D eigenvalue weighted by Crippen LogP contribution is 2.26. The number of hydrogen-bond donors (Lipinski definition) is 1. The zero-order valence-electron chi connectivity index (χ0n) is 16.5. The van der Waals surface area contributed by atoms with Gasteiger partial charge >= 0.3 is 5.97 Å². The van der Waals surface area contributed by atoms with E-state index in [1.54, 1.807) is 6.92 Å². The van der Waals surface area contributed by atoms with Crippen molar-refractivity contribution >= 4 is 21.9 Å². The Morgan fingerprint density at radius 3 is 2.63 bits per heavy atom. The third-order valence-electron chi connectivity index (χ3n) is 4.94. The number of aliphatic carboxylic acids is 1. The van der Waals surface area contributed by atoms with Crippen LogP contribution in [0.4, 0.5) is 0 Å². The van der Waals surface area contributed by atoms with Crippen LogP contribution in [0.15, 0.2) is 28.7 Å². The predicted octanol–water partition coefficient (Wildman–Crippen LogP) is 5.08. The summed E-state index contributed by atoms with van der Waals surface area (Å²) in [4.78, 5) is 11.1. The van der Waals surface area contributed by atoms with Crippen LogP contribution in [0.3, 0.4) is 0 Å². The molecule has 0 bridgehead atoms. The first-order valence-corrected chi connectivity index (χ1v) is 10.3. The summed E-state index contributed by atoms with van der Waals surface area (Å²) < 4.78 is 9.02. The molecule has 0 fully saturated rings. The van der Waals surface area contributed by atoms with E-state index in [0.717, 1.165) is 40.0 Å². The smallest absolute Gasteiger partial charge is 0.306 e. The molecule has 1 unspecified atom stereocenters. The highest BCUT2D eigenvalue weighted by molar-refractivity contribution is 9.10. The van der Waals surface area contributed by atoms with E-state index in [1.165, 1.54) is 0 Å². The Morgan fingerprint density at radius 2 is 2.00 bits per heavy atom. The maximum Gasteiger partial charge on any atom is 0.306 e. The topological polar surface area (TPSA) is 64.4 Å². The van der Waals surface area contributed by atoms with Crippen LogP contribution in [0.25, 0.3) is 0 Å². The van der Waals surface area contributed by atoms with Crippen LogP contribution in [0.1, 0.15) is 50.6 Å². The summed E-state index contributed by atoms with van der Waals surface area (Å²) >= 11 is 3.54. The summed E-state index contributed by atoms with van der Waals surface area (Å²) in [6.07, 6.45) is 2.64. The number of nitrogens with zero attached hydrogens (tertiary/aromatic N) is 2. The molecule has 2 rings (SSSR count). The van der Waals surface area contributed by atoms with Gasteiger partial charge in [-0.25, -0.2) is 0 Å². The molecule has 0 aliphatic rings. The van der Waals surface area contributed by atoms with Crippen LogP contribution in [0.5, 0.6) is 5.75 Å². The molecule has 0 spiro atoms. The summed E-state index contributed by atoms with van der Waals surface area (Å²) in [6.45, 7) is 9.37. The normalized spacial score (nSPS) is 12.4. The minimum absolute atomic E-state index is 0.430. The van der Waals surface area contributed by atoms with E-state index in [0.29, 0.717) is 25.5 Å². The van der Waals surface area contributed by atoms with Gasteiger partial charge in [-0.15, -0.1) is 0 Å².